The summed E-state index contributed by atoms with van der Waals surface area (Å²) >= 11 is 1.26. The number of halogens is 1. The molecule has 1 amide bonds. The van der Waals surface area contributed by atoms with Crippen molar-refractivity contribution in [2.75, 3.05) is 12.3 Å². The number of carboxylic acid groups (broad SMARTS) is 1. The van der Waals surface area contributed by atoms with Gasteiger partial charge in [0.1, 0.15) is 12.4 Å². The van der Waals surface area contributed by atoms with Crippen molar-refractivity contribution < 1.29 is 19.1 Å². The van der Waals surface area contributed by atoms with Gasteiger partial charge in [0.15, 0.2) is 0 Å². The molecule has 0 atom stereocenters. The van der Waals surface area contributed by atoms with Crippen LogP contribution in [0.15, 0.2) is 29.2 Å². The average Bonchev–Trinajstić information content (AvgIpc) is 2.34. The van der Waals surface area contributed by atoms with Crippen LogP contribution >= 0.6 is 11.8 Å². The van der Waals surface area contributed by atoms with Gasteiger partial charge in [-0.2, -0.15) is 0 Å². The molecule has 1 N–H and O–H groups in total. The third kappa shape index (κ3) is 5.30. The monoisotopic (exact) mass is 285 g/mol. The van der Waals surface area contributed by atoms with Crippen LogP contribution in [-0.4, -0.2) is 40.2 Å². The molecule has 0 aliphatic heterocycles. The van der Waals surface area contributed by atoms with Gasteiger partial charge in [-0.15, -0.1) is 11.8 Å². The Labute approximate surface area is 115 Å². The highest BCUT2D eigenvalue weighted by molar-refractivity contribution is 8.00. The molecule has 0 unspecified atom stereocenters. The minimum absolute atomic E-state index is 0.136. The van der Waals surface area contributed by atoms with E-state index in [0.717, 1.165) is 4.90 Å². The number of amides is 1. The lowest BCUT2D eigenvalue weighted by Crippen LogP contribution is -2.41. The Morgan fingerprint density at radius 3 is 2.37 bits per heavy atom. The summed E-state index contributed by atoms with van der Waals surface area (Å²) < 4.78 is 12.7. The van der Waals surface area contributed by atoms with Gasteiger partial charge in [-0.1, -0.05) is 0 Å². The molecule has 6 heteroatoms. The molecule has 0 saturated carbocycles. The predicted molar refractivity (Wildman–Crippen MR) is 71.6 cm³/mol. The zero-order valence-corrected chi connectivity index (χ0v) is 11.6. The topological polar surface area (TPSA) is 57.6 Å². The van der Waals surface area contributed by atoms with Gasteiger partial charge in [-0.3, -0.25) is 9.59 Å². The highest BCUT2D eigenvalue weighted by atomic mass is 32.2. The third-order valence-corrected chi connectivity index (χ3v) is 3.42. The van der Waals surface area contributed by atoms with Crippen molar-refractivity contribution >= 4 is 23.6 Å². The maximum atomic E-state index is 12.7. The molecule has 1 aromatic carbocycles. The van der Waals surface area contributed by atoms with E-state index in [-0.39, 0.29) is 30.1 Å². The average molecular weight is 285 g/mol. The van der Waals surface area contributed by atoms with Crippen LogP contribution in [0.3, 0.4) is 0 Å². The highest BCUT2D eigenvalue weighted by Gasteiger charge is 2.19. The maximum Gasteiger partial charge on any atom is 0.323 e. The van der Waals surface area contributed by atoms with Crippen molar-refractivity contribution in [2.45, 2.75) is 24.8 Å². The molecule has 0 aromatic heterocycles. The Morgan fingerprint density at radius 2 is 1.89 bits per heavy atom. The number of benzene rings is 1. The number of carbonyl (C=O) groups excluding carboxylic acids is 1. The van der Waals surface area contributed by atoms with Crippen LogP contribution in [0, 0.1) is 5.82 Å². The van der Waals surface area contributed by atoms with E-state index in [1.54, 1.807) is 26.0 Å². The largest absolute Gasteiger partial charge is 0.480 e. The Bertz CT molecular complexity index is 448. The molecule has 19 heavy (non-hydrogen) atoms. The quantitative estimate of drug-likeness (QED) is 0.814. The fourth-order valence-electron chi connectivity index (χ4n) is 1.46. The van der Waals surface area contributed by atoms with Crippen LogP contribution in [0.1, 0.15) is 13.8 Å². The first-order valence-corrected chi connectivity index (χ1v) is 6.78. The zero-order valence-electron chi connectivity index (χ0n) is 10.8. The van der Waals surface area contributed by atoms with Gasteiger partial charge in [-0.25, -0.2) is 4.39 Å². The van der Waals surface area contributed by atoms with Crippen molar-refractivity contribution in [3.63, 3.8) is 0 Å². The standard InChI is InChI=1S/C13H16FNO3S/c1-9(2)15(7-13(17)18)12(16)8-19-11-5-3-10(14)4-6-11/h3-6,9H,7-8H2,1-2H3,(H,17,18). The van der Waals surface area contributed by atoms with E-state index < -0.39 is 5.97 Å². The maximum absolute atomic E-state index is 12.7. The second-order valence-corrected chi connectivity index (χ2v) is 5.30. The number of aliphatic carboxylic acids is 1. The smallest absolute Gasteiger partial charge is 0.323 e. The fourth-order valence-corrected chi connectivity index (χ4v) is 2.25. The summed E-state index contributed by atoms with van der Waals surface area (Å²) in [5, 5.41) is 8.76. The summed E-state index contributed by atoms with van der Waals surface area (Å²) in [4.78, 5) is 24.7. The van der Waals surface area contributed by atoms with E-state index >= 15 is 0 Å². The first kappa shape index (κ1) is 15.5. The molecule has 104 valence electrons. The molecule has 0 bridgehead atoms. The minimum Gasteiger partial charge on any atom is -0.480 e. The van der Waals surface area contributed by atoms with Crippen LogP contribution < -0.4 is 0 Å². The van der Waals surface area contributed by atoms with Crippen LogP contribution in [0.2, 0.25) is 0 Å². The Kier molecular flexibility index (Phi) is 5.82. The zero-order chi connectivity index (χ0) is 14.4. The van der Waals surface area contributed by atoms with Crippen molar-refractivity contribution in [3.8, 4) is 0 Å². The molecule has 0 radical (unpaired) electrons. The Balaban J connectivity index is 2.57. The van der Waals surface area contributed by atoms with Gasteiger partial charge in [0, 0.05) is 10.9 Å². The summed E-state index contributed by atoms with van der Waals surface area (Å²) in [5.41, 5.74) is 0. The summed E-state index contributed by atoms with van der Waals surface area (Å²) in [6.07, 6.45) is 0. The summed E-state index contributed by atoms with van der Waals surface area (Å²) in [7, 11) is 0. The van der Waals surface area contributed by atoms with Crippen LogP contribution in [-0.2, 0) is 9.59 Å². The second kappa shape index (κ2) is 7.13. The Hall–Kier alpha value is -1.56. The lowest BCUT2D eigenvalue weighted by atomic mass is 10.3. The number of nitrogens with zero attached hydrogens (tertiary/aromatic N) is 1. The molecule has 1 rings (SSSR count). The molecule has 4 nitrogen and oxygen atoms in total. The lowest BCUT2D eigenvalue weighted by Gasteiger charge is -2.24. The van der Waals surface area contributed by atoms with E-state index in [1.165, 1.54) is 28.8 Å². The SMILES string of the molecule is CC(C)N(CC(=O)O)C(=O)CSc1ccc(F)cc1. The predicted octanol–water partition coefficient (Wildman–Crippen LogP) is 2.24. The fraction of sp³-hybridized carbons (Fsp3) is 0.385. The summed E-state index contributed by atoms with van der Waals surface area (Å²) in [5.74, 6) is -1.47. The third-order valence-electron chi connectivity index (χ3n) is 2.43. The molecule has 0 heterocycles. The number of carbonyl (C=O) groups is 2. The molecule has 0 aliphatic rings. The Morgan fingerprint density at radius 1 is 1.32 bits per heavy atom. The molecule has 0 aliphatic carbocycles. The van der Waals surface area contributed by atoms with Crippen LogP contribution in [0.5, 0.6) is 0 Å². The number of rotatable bonds is 6. The summed E-state index contributed by atoms with van der Waals surface area (Å²) in [6.45, 7) is 3.23. The van der Waals surface area contributed by atoms with Gasteiger partial charge >= 0.3 is 5.97 Å². The minimum atomic E-state index is -1.03. The molecule has 0 spiro atoms. The lowest BCUT2D eigenvalue weighted by molar-refractivity contribution is -0.144. The number of thioether (sulfide) groups is 1. The van der Waals surface area contributed by atoms with E-state index in [4.69, 9.17) is 5.11 Å². The first-order valence-electron chi connectivity index (χ1n) is 5.79. The van der Waals surface area contributed by atoms with Gasteiger partial charge in [0.25, 0.3) is 0 Å². The number of hydrogen-bond acceptors (Lipinski definition) is 3. The molecule has 0 fully saturated rings. The van der Waals surface area contributed by atoms with Crippen molar-refractivity contribution in [1.82, 2.24) is 4.90 Å². The van der Waals surface area contributed by atoms with Crippen molar-refractivity contribution in [1.29, 1.82) is 0 Å². The van der Waals surface area contributed by atoms with Crippen molar-refractivity contribution in [2.24, 2.45) is 0 Å². The molecule has 0 saturated heterocycles. The number of hydrogen-bond donors (Lipinski definition) is 1. The van der Waals surface area contributed by atoms with E-state index in [0.29, 0.717) is 0 Å². The van der Waals surface area contributed by atoms with E-state index in [2.05, 4.69) is 0 Å². The van der Waals surface area contributed by atoms with Gasteiger partial charge < -0.3 is 10.0 Å². The molecular formula is C13H16FNO3S. The second-order valence-electron chi connectivity index (χ2n) is 4.25. The first-order chi connectivity index (χ1) is 8.90. The van der Waals surface area contributed by atoms with Gasteiger partial charge in [0.05, 0.1) is 5.75 Å². The van der Waals surface area contributed by atoms with Gasteiger partial charge in [-0.05, 0) is 38.1 Å². The van der Waals surface area contributed by atoms with E-state index in [1.807, 2.05) is 0 Å². The van der Waals surface area contributed by atoms with Crippen LogP contribution in [0.4, 0.5) is 4.39 Å². The number of carboxylic acids is 1. The van der Waals surface area contributed by atoms with E-state index in [9.17, 15) is 14.0 Å². The van der Waals surface area contributed by atoms with Crippen molar-refractivity contribution in [3.05, 3.63) is 30.1 Å². The summed E-state index contributed by atoms with van der Waals surface area (Å²) in [6, 6.07) is 5.65. The molecular weight excluding hydrogens is 269 g/mol. The van der Waals surface area contributed by atoms with Gasteiger partial charge in [0.2, 0.25) is 5.91 Å². The highest BCUT2D eigenvalue weighted by Crippen LogP contribution is 2.19. The molecule has 1 aromatic rings. The van der Waals surface area contributed by atoms with Crippen LogP contribution in [0.25, 0.3) is 0 Å². The normalized spacial score (nSPS) is 10.5.